The number of nitrogens with zero attached hydrogens (tertiary/aromatic N) is 3. The number of aliphatic imine (C=N–C) groups is 1. The Bertz CT molecular complexity index is 392. The van der Waals surface area contributed by atoms with E-state index in [0.717, 1.165) is 38.3 Å². The summed E-state index contributed by atoms with van der Waals surface area (Å²) < 4.78 is 0. The van der Waals surface area contributed by atoms with E-state index in [2.05, 4.69) is 41.0 Å². The number of rotatable bonds is 8. The van der Waals surface area contributed by atoms with Crippen LogP contribution in [-0.4, -0.2) is 48.1 Å². The van der Waals surface area contributed by atoms with Crippen LogP contribution in [0.1, 0.15) is 26.5 Å². The number of aromatic nitrogens is 1. The first kappa shape index (κ1) is 20.1. The summed E-state index contributed by atoms with van der Waals surface area (Å²) in [7, 11) is 0. The van der Waals surface area contributed by atoms with Gasteiger partial charge in [-0.1, -0.05) is 19.9 Å². The first-order valence-electron chi connectivity index (χ1n) is 7.35. The van der Waals surface area contributed by atoms with Gasteiger partial charge in [0.05, 0.1) is 6.54 Å². The van der Waals surface area contributed by atoms with Gasteiger partial charge in [-0.3, -0.25) is 14.9 Å². The lowest BCUT2D eigenvalue weighted by Crippen LogP contribution is -2.38. The van der Waals surface area contributed by atoms with Gasteiger partial charge in [-0.05, 0) is 32.1 Å². The van der Waals surface area contributed by atoms with Crippen LogP contribution in [0.2, 0.25) is 0 Å². The normalized spacial score (nSPS) is 12.9. The molecule has 21 heavy (non-hydrogen) atoms. The molecule has 0 saturated heterocycles. The summed E-state index contributed by atoms with van der Waals surface area (Å²) in [6.45, 7) is 10.1. The maximum Gasteiger partial charge on any atom is 0.188 e. The van der Waals surface area contributed by atoms with Crippen molar-refractivity contribution >= 4 is 29.9 Å². The molecular formula is C15H28IN5. The molecule has 0 fully saturated rings. The molecule has 0 spiro atoms. The second-order valence-electron chi connectivity index (χ2n) is 4.79. The van der Waals surface area contributed by atoms with Crippen molar-refractivity contribution in [3.05, 3.63) is 30.1 Å². The van der Waals surface area contributed by atoms with Gasteiger partial charge >= 0.3 is 0 Å². The van der Waals surface area contributed by atoms with E-state index < -0.39 is 0 Å². The molecule has 1 unspecified atom stereocenters. The van der Waals surface area contributed by atoms with Crippen molar-refractivity contribution in [1.82, 2.24) is 15.2 Å². The van der Waals surface area contributed by atoms with Crippen LogP contribution in [0.25, 0.3) is 0 Å². The number of hydrogen-bond donors (Lipinski definition) is 2. The Morgan fingerprint density at radius 3 is 2.67 bits per heavy atom. The van der Waals surface area contributed by atoms with Crippen LogP contribution in [0.15, 0.2) is 29.4 Å². The van der Waals surface area contributed by atoms with Gasteiger partial charge in [-0.25, -0.2) is 0 Å². The zero-order valence-electron chi connectivity index (χ0n) is 13.2. The molecule has 6 heteroatoms. The first-order valence-corrected chi connectivity index (χ1v) is 7.35. The maximum atomic E-state index is 5.87. The van der Waals surface area contributed by atoms with E-state index in [9.17, 15) is 0 Å². The van der Waals surface area contributed by atoms with Gasteiger partial charge in [0.25, 0.3) is 0 Å². The fraction of sp³-hybridized carbons (Fsp3) is 0.600. The molecule has 0 aliphatic heterocycles. The Labute approximate surface area is 145 Å². The van der Waals surface area contributed by atoms with Crippen molar-refractivity contribution in [3.8, 4) is 0 Å². The molecule has 1 atom stereocenters. The summed E-state index contributed by atoms with van der Waals surface area (Å²) >= 11 is 0. The third kappa shape index (κ3) is 8.21. The predicted molar refractivity (Wildman–Crippen MR) is 100 cm³/mol. The zero-order chi connectivity index (χ0) is 14.8. The number of hydrogen-bond acceptors (Lipinski definition) is 3. The lowest BCUT2D eigenvalue weighted by atomic mass is 10.3. The van der Waals surface area contributed by atoms with Gasteiger partial charge in [-0.15, -0.1) is 24.0 Å². The highest BCUT2D eigenvalue weighted by atomic mass is 127. The molecule has 1 rings (SSSR count). The Morgan fingerprint density at radius 1 is 1.38 bits per heavy atom. The average Bonchev–Trinajstić information content (AvgIpc) is 2.47. The molecule has 0 aliphatic carbocycles. The van der Waals surface area contributed by atoms with Gasteiger partial charge in [0.2, 0.25) is 0 Å². The van der Waals surface area contributed by atoms with Crippen LogP contribution in [0.5, 0.6) is 0 Å². The highest BCUT2D eigenvalue weighted by Gasteiger charge is 2.08. The fourth-order valence-corrected chi connectivity index (χ4v) is 2.11. The lowest BCUT2D eigenvalue weighted by Gasteiger charge is -2.24. The van der Waals surface area contributed by atoms with E-state index in [1.165, 1.54) is 0 Å². The third-order valence-corrected chi connectivity index (χ3v) is 3.37. The number of likely N-dealkylation sites (N-methyl/N-ethyl adjacent to an activating group) is 1. The summed E-state index contributed by atoms with van der Waals surface area (Å²) in [4.78, 5) is 11.0. The molecule has 0 radical (unpaired) electrons. The van der Waals surface area contributed by atoms with Crippen molar-refractivity contribution in [3.63, 3.8) is 0 Å². The molecule has 0 aliphatic rings. The van der Waals surface area contributed by atoms with E-state index in [-0.39, 0.29) is 24.0 Å². The largest absolute Gasteiger partial charge is 0.370 e. The molecule has 0 saturated carbocycles. The highest BCUT2D eigenvalue weighted by molar-refractivity contribution is 14.0. The molecular weight excluding hydrogens is 377 g/mol. The van der Waals surface area contributed by atoms with Crippen LogP contribution in [0, 0.1) is 0 Å². The summed E-state index contributed by atoms with van der Waals surface area (Å²) in [6, 6.07) is 6.34. The van der Waals surface area contributed by atoms with Crippen LogP contribution < -0.4 is 11.1 Å². The molecule has 0 amide bonds. The van der Waals surface area contributed by atoms with Crippen molar-refractivity contribution in [2.75, 3.05) is 26.2 Å². The van der Waals surface area contributed by atoms with Gasteiger partial charge in [0.1, 0.15) is 0 Å². The second-order valence-corrected chi connectivity index (χ2v) is 4.79. The minimum atomic E-state index is 0. The van der Waals surface area contributed by atoms with E-state index >= 15 is 0 Å². The topological polar surface area (TPSA) is 66.5 Å². The van der Waals surface area contributed by atoms with E-state index in [1.807, 2.05) is 18.2 Å². The number of guanidine groups is 1. The van der Waals surface area contributed by atoms with Crippen molar-refractivity contribution in [2.24, 2.45) is 10.7 Å². The molecule has 1 aromatic heterocycles. The Hall–Kier alpha value is -0.890. The number of pyridine rings is 1. The van der Waals surface area contributed by atoms with Crippen LogP contribution in [-0.2, 0) is 6.42 Å². The zero-order valence-corrected chi connectivity index (χ0v) is 15.6. The molecule has 3 N–H and O–H groups in total. The third-order valence-electron chi connectivity index (χ3n) is 3.37. The smallest absolute Gasteiger partial charge is 0.188 e. The molecule has 1 aromatic rings. The van der Waals surface area contributed by atoms with Crippen molar-refractivity contribution in [2.45, 2.75) is 33.2 Å². The van der Waals surface area contributed by atoms with E-state index in [4.69, 9.17) is 5.73 Å². The minimum Gasteiger partial charge on any atom is -0.370 e. The number of nitrogens with two attached hydrogens (primary N) is 1. The number of nitrogens with one attached hydrogen (secondary N) is 1. The minimum absolute atomic E-state index is 0. The van der Waals surface area contributed by atoms with E-state index in [1.54, 1.807) is 6.20 Å². The van der Waals surface area contributed by atoms with Crippen LogP contribution in [0.4, 0.5) is 0 Å². The Balaban J connectivity index is 0.00000400. The monoisotopic (exact) mass is 405 g/mol. The average molecular weight is 405 g/mol. The van der Waals surface area contributed by atoms with Gasteiger partial charge < -0.3 is 11.1 Å². The second kappa shape index (κ2) is 11.7. The first-order chi connectivity index (χ1) is 9.67. The molecule has 1 heterocycles. The van der Waals surface area contributed by atoms with Crippen molar-refractivity contribution < 1.29 is 0 Å². The van der Waals surface area contributed by atoms with Crippen LogP contribution in [0.3, 0.4) is 0 Å². The molecule has 5 nitrogen and oxygen atoms in total. The van der Waals surface area contributed by atoms with Crippen molar-refractivity contribution in [1.29, 1.82) is 0 Å². The highest BCUT2D eigenvalue weighted by Crippen LogP contribution is 1.98. The molecule has 0 bridgehead atoms. The summed E-state index contributed by atoms with van der Waals surface area (Å²) in [5, 5.41) is 3.13. The maximum absolute atomic E-state index is 5.87. The quantitative estimate of drug-likeness (QED) is 0.394. The summed E-state index contributed by atoms with van der Waals surface area (Å²) in [6.07, 6.45) is 2.65. The van der Waals surface area contributed by atoms with E-state index in [0.29, 0.717) is 12.0 Å². The standard InChI is InChI=1S/C15H27N5.HI/c1-4-20(5-2)13(3)12-19-15(16)18-11-9-14-8-6-7-10-17-14;/h6-8,10,13H,4-5,9,11-12H2,1-3H3,(H3,16,18,19);1H. The molecule has 0 aromatic carbocycles. The number of halogens is 1. The summed E-state index contributed by atoms with van der Waals surface area (Å²) in [5.74, 6) is 0.514. The predicted octanol–water partition coefficient (Wildman–Crippen LogP) is 1.88. The lowest BCUT2D eigenvalue weighted by molar-refractivity contribution is 0.237. The van der Waals surface area contributed by atoms with Gasteiger partial charge in [0, 0.05) is 30.9 Å². The van der Waals surface area contributed by atoms with Gasteiger partial charge in [0.15, 0.2) is 5.96 Å². The molecule has 120 valence electrons. The Morgan fingerprint density at radius 2 is 2.10 bits per heavy atom. The summed E-state index contributed by atoms with van der Waals surface area (Å²) in [5.41, 5.74) is 6.93. The Kier molecular flexibility index (Phi) is 11.2. The fourth-order valence-electron chi connectivity index (χ4n) is 2.11. The SMILES string of the molecule is CCN(CC)C(C)CN=C(N)NCCc1ccccn1.I. The van der Waals surface area contributed by atoms with Gasteiger partial charge in [-0.2, -0.15) is 0 Å². The van der Waals surface area contributed by atoms with Crippen LogP contribution >= 0.6 is 24.0 Å².